The third kappa shape index (κ3) is 4.29. The molecule has 134 valence electrons. The SMILES string of the molecule is CSc1cccc(CN(C)C(=O)Cc2ccc(-n3nnnc3C)cc2)c1. The maximum Gasteiger partial charge on any atom is 0.227 e. The lowest BCUT2D eigenvalue weighted by molar-refractivity contribution is -0.129. The Hall–Kier alpha value is -2.67. The molecule has 0 radical (unpaired) electrons. The van der Waals surface area contributed by atoms with Crippen molar-refractivity contribution in [2.24, 2.45) is 0 Å². The lowest BCUT2D eigenvalue weighted by Crippen LogP contribution is -2.27. The first-order valence-corrected chi connectivity index (χ1v) is 9.50. The Morgan fingerprint density at radius 1 is 1.15 bits per heavy atom. The Morgan fingerprint density at radius 3 is 2.58 bits per heavy atom. The molecule has 7 heteroatoms. The number of benzene rings is 2. The van der Waals surface area contributed by atoms with Crippen molar-refractivity contribution < 1.29 is 4.79 Å². The number of likely N-dealkylation sites (N-methyl/N-ethyl adjacent to an activating group) is 1. The number of carbonyl (C=O) groups is 1. The minimum atomic E-state index is 0.0888. The Balaban J connectivity index is 1.62. The Bertz CT molecular complexity index is 891. The van der Waals surface area contributed by atoms with Gasteiger partial charge in [-0.2, -0.15) is 4.68 Å². The summed E-state index contributed by atoms with van der Waals surface area (Å²) in [6.07, 6.45) is 2.42. The lowest BCUT2D eigenvalue weighted by Gasteiger charge is -2.18. The summed E-state index contributed by atoms with van der Waals surface area (Å²) in [6.45, 7) is 2.45. The number of aromatic nitrogens is 4. The number of nitrogens with zero attached hydrogens (tertiary/aromatic N) is 5. The van der Waals surface area contributed by atoms with Gasteiger partial charge in [-0.05, 0) is 59.0 Å². The number of rotatable bonds is 6. The zero-order chi connectivity index (χ0) is 18.5. The van der Waals surface area contributed by atoms with Gasteiger partial charge in [0, 0.05) is 18.5 Å². The van der Waals surface area contributed by atoms with Gasteiger partial charge < -0.3 is 4.90 Å². The molecule has 2 aromatic carbocycles. The van der Waals surface area contributed by atoms with Crippen LogP contribution in [0.1, 0.15) is 17.0 Å². The predicted octanol–water partition coefficient (Wildman–Crippen LogP) is 2.89. The summed E-state index contributed by atoms with van der Waals surface area (Å²) in [5.74, 6) is 0.812. The molecule has 6 nitrogen and oxygen atoms in total. The van der Waals surface area contributed by atoms with E-state index in [-0.39, 0.29) is 5.91 Å². The predicted molar refractivity (Wildman–Crippen MR) is 102 cm³/mol. The molecular formula is C19H21N5OS. The Kier molecular flexibility index (Phi) is 5.68. The van der Waals surface area contributed by atoms with Crippen molar-refractivity contribution in [3.05, 3.63) is 65.5 Å². The van der Waals surface area contributed by atoms with Gasteiger partial charge in [0.05, 0.1) is 12.1 Å². The monoisotopic (exact) mass is 367 g/mol. The molecule has 1 aromatic heterocycles. The Morgan fingerprint density at radius 2 is 1.92 bits per heavy atom. The highest BCUT2D eigenvalue weighted by Crippen LogP contribution is 2.17. The molecule has 0 spiro atoms. The van der Waals surface area contributed by atoms with Crippen molar-refractivity contribution in [1.29, 1.82) is 0 Å². The van der Waals surface area contributed by atoms with Gasteiger partial charge >= 0.3 is 0 Å². The van der Waals surface area contributed by atoms with Crippen molar-refractivity contribution in [2.45, 2.75) is 24.8 Å². The van der Waals surface area contributed by atoms with Crippen molar-refractivity contribution in [3.63, 3.8) is 0 Å². The second-order valence-electron chi connectivity index (χ2n) is 6.08. The van der Waals surface area contributed by atoms with Crippen molar-refractivity contribution >= 4 is 17.7 Å². The molecule has 0 unspecified atom stereocenters. The van der Waals surface area contributed by atoms with Crippen molar-refractivity contribution in [1.82, 2.24) is 25.1 Å². The second kappa shape index (κ2) is 8.14. The largest absolute Gasteiger partial charge is 0.341 e. The van der Waals surface area contributed by atoms with Crippen LogP contribution in [0.5, 0.6) is 0 Å². The van der Waals surface area contributed by atoms with Crippen LogP contribution in [0.3, 0.4) is 0 Å². The number of tetrazole rings is 1. The van der Waals surface area contributed by atoms with Gasteiger partial charge in [-0.3, -0.25) is 4.79 Å². The molecule has 0 N–H and O–H groups in total. The highest BCUT2D eigenvalue weighted by Gasteiger charge is 2.11. The van der Waals surface area contributed by atoms with Crippen LogP contribution in [0.25, 0.3) is 5.69 Å². The number of thioether (sulfide) groups is 1. The minimum absolute atomic E-state index is 0.0888. The van der Waals surface area contributed by atoms with Crippen LogP contribution in [0.15, 0.2) is 53.4 Å². The normalized spacial score (nSPS) is 10.7. The quantitative estimate of drug-likeness (QED) is 0.627. The fourth-order valence-corrected chi connectivity index (χ4v) is 3.15. The summed E-state index contributed by atoms with van der Waals surface area (Å²) >= 11 is 1.70. The van der Waals surface area contributed by atoms with Gasteiger partial charge in [-0.25, -0.2) is 0 Å². The molecule has 0 aliphatic heterocycles. The van der Waals surface area contributed by atoms with E-state index < -0.39 is 0 Å². The molecule has 0 aliphatic carbocycles. The van der Waals surface area contributed by atoms with Crippen LogP contribution in [-0.4, -0.2) is 44.3 Å². The molecule has 3 rings (SSSR count). The zero-order valence-corrected chi connectivity index (χ0v) is 15.9. The fourth-order valence-electron chi connectivity index (χ4n) is 2.67. The van der Waals surface area contributed by atoms with Gasteiger partial charge in [0.15, 0.2) is 5.82 Å². The van der Waals surface area contributed by atoms with E-state index in [0.717, 1.165) is 22.6 Å². The number of hydrogen-bond acceptors (Lipinski definition) is 5. The number of aryl methyl sites for hydroxylation is 1. The summed E-state index contributed by atoms with van der Waals surface area (Å²) in [5.41, 5.74) is 2.98. The molecule has 1 heterocycles. The summed E-state index contributed by atoms with van der Waals surface area (Å²) in [5, 5.41) is 11.5. The van der Waals surface area contributed by atoms with Crippen LogP contribution in [-0.2, 0) is 17.8 Å². The summed E-state index contributed by atoms with van der Waals surface area (Å²) in [7, 11) is 1.84. The lowest BCUT2D eigenvalue weighted by atomic mass is 10.1. The molecule has 0 atom stereocenters. The fraction of sp³-hybridized carbons (Fsp3) is 0.263. The summed E-state index contributed by atoms with van der Waals surface area (Å²) < 4.78 is 1.66. The molecule has 0 aliphatic rings. The summed E-state index contributed by atoms with van der Waals surface area (Å²) in [6, 6.07) is 16.0. The third-order valence-electron chi connectivity index (χ3n) is 4.14. The molecule has 3 aromatic rings. The molecule has 0 saturated carbocycles. The smallest absolute Gasteiger partial charge is 0.227 e. The van der Waals surface area contributed by atoms with Crippen molar-refractivity contribution in [3.8, 4) is 5.69 Å². The first-order chi connectivity index (χ1) is 12.6. The van der Waals surface area contributed by atoms with E-state index in [2.05, 4.69) is 33.9 Å². The van der Waals surface area contributed by atoms with E-state index >= 15 is 0 Å². The Labute approximate surface area is 157 Å². The number of hydrogen-bond donors (Lipinski definition) is 0. The minimum Gasteiger partial charge on any atom is -0.341 e. The van der Waals surface area contributed by atoms with Gasteiger partial charge in [0.1, 0.15) is 0 Å². The first kappa shape index (κ1) is 18.1. The molecule has 1 amide bonds. The number of amides is 1. The van der Waals surface area contributed by atoms with Crippen LogP contribution in [0.4, 0.5) is 0 Å². The molecule has 26 heavy (non-hydrogen) atoms. The highest BCUT2D eigenvalue weighted by molar-refractivity contribution is 7.98. The third-order valence-corrected chi connectivity index (χ3v) is 4.87. The van der Waals surface area contributed by atoms with E-state index in [1.165, 1.54) is 4.90 Å². The van der Waals surface area contributed by atoms with Crippen LogP contribution < -0.4 is 0 Å². The second-order valence-corrected chi connectivity index (χ2v) is 6.96. The topological polar surface area (TPSA) is 63.9 Å². The molecule has 0 saturated heterocycles. The van der Waals surface area contributed by atoms with E-state index in [9.17, 15) is 4.79 Å². The summed E-state index contributed by atoms with van der Waals surface area (Å²) in [4.78, 5) is 15.5. The standard InChI is InChI=1S/C19H21N5OS/c1-14-20-21-22-24(14)17-9-7-15(8-10-17)12-19(25)23(2)13-16-5-4-6-18(11-16)26-3/h4-11H,12-13H2,1-3H3. The van der Waals surface area contributed by atoms with Crippen LogP contribution in [0.2, 0.25) is 0 Å². The highest BCUT2D eigenvalue weighted by atomic mass is 32.2. The van der Waals surface area contributed by atoms with E-state index in [1.807, 2.05) is 50.4 Å². The van der Waals surface area contributed by atoms with Gasteiger partial charge in [-0.1, -0.05) is 24.3 Å². The van der Waals surface area contributed by atoms with Crippen LogP contribution in [0, 0.1) is 6.92 Å². The van der Waals surface area contributed by atoms with E-state index in [0.29, 0.717) is 13.0 Å². The van der Waals surface area contributed by atoms with Crippen LogP contribution >= 0.6 is 11.8 Å². The maximum atomic E-state index is 12.5. The molecule has 0 fully saturated rings. The zero-order valence-electron chi connectivity index (χ0n) is 15.1. The maximum absolute atomic E-state index is 12.5. The van der Waals surface area contributed by atoms with Gasteiger partial charge in [-0.15, -0.1) is 16.9 Å². The average Bonchev–Trinajstić information content (AvgIpc) is 3.08. The van der Waals surface area contributed by atoms with Gasteiger partial charge in [0.2, 0.25) is 5.91 Å². The first-order valence-electron chi connectivity index (χ1n) is 8.28. The van der Waals surface area contributed by atoms with Crippen molar-refractivity contribution in [2.75, 3.05) is 13.3 Å². The molecular weight excluding hydrogens is 346 g/mol. The average molecular weight is 367 g/mol. The van der Waals surface area contributed by atoms with E-state index in [1.54, 1.807) is 21.3 Å². The number of carbonyl (C=O) groups excluding carboxylic acids is 1. The molecule has 0 bridgehead atoms. The van der Waals surface area contributed by atoms with Gasteiger partial charge in [0.25, 0.3) is 0 Å². The van der Waals surface area contributed by atoms with E-state index in [4.69, 9.17) is 0 Å².